The number of nitrogens with zero attached hydrogens (tertiary/aromatic N) is 2. The van der Waals surface area contributed by atoms with Gasteiger partial charge in [0, 0.05) is 18.9 Å². The van der Waals surface area contributed by atoms with Crippen LogP contribution < -0.4 is 0 Å². The summed E-state index contributed by atoms with van der Waals surface area (Å²) in [6.07, 6.45) is 5.58. The number of aromatic nitrogens is 2. The average Bonchev–Trinajstić information content (AvgIpc) is 2.49. The molecule has 1 aromatic rings. The molecule has 0 atom stereocenters. The maximum absolute atomic E-state index is 11.3. The summed E-state index contributed by atoms with van der Waals surface area (Å²) < 4.78 is 7.01. The first-order chi connectivity index (χ1) is 6.47. The summed E-state index contributed by atoms with van der Waals surface area (Å²) in [6.45, 7) is 6.21. The molecule has 78 valence electrons. The van der Waals surface area contributed by atoms with Gasteiger partial charge in [-0.3, -0.25) is 4.79 Å². The quantitative estimate of drug-likeness (QED) is 0.690. The molecule has 14 heavy (non-hydrogen) atoms. The van der Waals surface area contributed by atoms with Gasteiger partial charge in [0.2, 0.25) is 0 Å². The van der Waals surface area contributed by atoms with E-state index >= 15 is 0 Å². The minimum absolute atomic E-state index is 0.175. The first-order valence-corrected chi connectivity index (χ1v) is 4.65. The van der Waals surface area contributed by atoms with E-state index < -0.39 is 5.60 Å². The molecule has 0 radical (unpaired) electrons. The van der Waals surface area contributed by atoms with Gasteiger partial charge >= 0.3 is 5.97 Å². The maximum atomic E-state index is 11.3. The highest BCUT2D eigenvalue weighted by atomic mass is 16.6. The number of imidazole rings is 1. The van der Waals surface area contributed by atoms with E-state index in [1.165, 1.54) is 0 Å². The topological polar surface area (TPSA) is 44.1 Å². The third kappa shape index (κ3) is 4.07. The van der Waals surface area contributed by atoms with Crippen LogP contribution in [0.25, 0.3) is 0 Å². The Morgan fingerprint density at radius 3 is 2.71 bits per heavy atom. The van der Waals surface area contributed by atoms with Crippen molar-refractivity contribution < 1.29 is 9.53 Å². The number of aryl methyl sites for hydroxylation is 1. The van der Waals surface area contributed by atoms with Gasteiger partial charge in [0.25, 0.3) is 0 Å². The zero-order valence-corrected chi connectivity index (χ0v) is 8.86. The zero-order chi connectivity index (χ0) is 10.6. The van der Waals surface area contributed by atoms with Crippen molar-refractivity contribution in [2.24, 2.45) is 0 Å². The van der Waals surface area contributed by atoms with Crippen LogP contribution in [0.15, 0.2) is 18.7 Å². The summed E-state index contributed by atoms with van der Waals surface area (Å²) in [7, 11) is 0. The van der Waals surface area contributed by atoms with Gasteiger partial charge in [-0.1, -0.05) is 0 Å². The summed E-state index contributed by atoms with van der Waals surface area (Å²) >= 11 is 0. The molecule has 0 aliphatic heterocycles. The van der Waals surface area contributed by atoms with Crippen LogP contribution in [0.3, 0.4) is 0 Å². The maximum Gasteiger partial charge on any atom is 0.308 e. The van der Waals surface area contributed by atoms with E-state index in [4.69, 9.17) is 4.74 Å². The van der Waals surface area contributed by atoms with Crippen LogP contribution in [-0.4, -0.2) is 21.1 Å². The Hall–Kier alpha value is -1.32. The lowest BCUT2D eigenvalue weighted by molar-refractivity contribution is -0.155. The predicted molar refractivity (Wildman–Crippen MR) is 52.7 cm³/mol. The Bertz CT molecular complexity index is 286. The Morgan fingerprint density at radius 2 is 2.21 bits per heavy atom. The van der Waals surface area contributed by atoms with Crippen LogP contribution in [0.5, 0.6) is 0 Å². The lowest BCUT2D eigenvalue weighted by atomic mass is 10.2. The average molecular weight is 196 g/mol. The molecule has 0 N–H and O–H groups in total. The van der Waals surface area contributed by atoms with Crippen molar-refractivity contribution in [2.75, 3.05) is 0 Å². The van der Waals surface area contributed by atoms with Crippen molar-refractivity contribution in [3.63, 3.8) is 0 Å². The summed E-state index contributed by atoms with van der Waals surface area (Å²) in [5.41, 5.74) is -0.397. The minimum atomic E-state index is -0.397. The fourth-order valence-corrected chi connectivity index (χ4v) is 1.03. The van der Waals surface area contributed by atoms with Crippen molar-refractivity contribution in [2.45, 2.75) is 39.3 Å². The highest BCUT2D eigenvalue weighted by molar-refractivity contribution is 5.69. The van der Waals surface area contributed by atoms with Gasteiger partial charge in [0.15, 0.2) is 0 Å². The van der Waals surface area contributed by atoms with Crippen LogP contribution in [-0.2, 0) is 16.1 Å². The first kappa shape index (κ1) is 10.8. The Labute approximate surface area is 83.9 Å². The molecule has 0 aliphatic rings. The summed E-state index contributed by atoms with van der Waals surface area (Å²) in [6, 6.07) is 0. The van der Waals surface area contributed by atoms with E-state index in [0.29, 0.717) is 13.0 Å². The molecular formula is C10H16N2O2. The smallest absolute Gasteiger partial charge is 0.308 e. The van der Waals surface area contributed by atoms with Gasteiger partial charge in [-0.2, -0.15) is 0 Å². The second-order valence-electron chi connectivity index (χ2n) is 4.14. The third-order valence-corrected chi connectivity index (χ3v) is 1.55. The van der Waals surface area contributed by atoms with E-state index in [0.717, 1.165) is 0 Å². The van der Waals surface area contributed by atoms with Crippen LogP contribution in [0, 0.1) is 0 Å². The summed E-state index contributed by atoms with van der Waals surface area (Å²) in [5, 5.41) is 0. The number of rotatable bonds is 3. The normalized spacial score (nSPS) is 11.4. The lowest BCUT2D eigenvalue weighted by Gasteiger charge is -2.19. The van der Waals surface area contributed by atoms with E-state index in [2.05, 4.69) is 4.98 Å². The number of hydrogen-bond acceptors (Lipinski definition) is 3. The van der Waals surface area contributed by atoms with E-state index in [-0.39, 0.29) is 5.97 Å². The molecule has 1 aromatic heterocycles. The molecule has 1 heterocycles. The molecule has 0 spiro atoms. The van der Waals surface area contributed by atoms with Crippen molar-refractivity contribution >= 4 is 5.97 Å². The van der Waals surface area contributed by atoms with Crippen molar-refractivity contribution in [3.05, 3.63) is 18.7 Å². The second-order valence-corrected chi connectivity index (χ2v) is 4.14. The molecule has 0 saturated heterocycles. The van der Waals surface area contributed by atoms with Crippen molar-refractivity contribution in [1.82, 2.24) is 9.55 Å². The lowest BCUT2D eigenvalue weighted by Crippen LogP contribution is -2.24. The zero-order valence-electron chi connectivity index (χ0n) is 8.86. The van der Waals surface area contributed by atoms with E-state index in [1.807, 2.05) is 31.5 Å². The van der Waals surface area contributed by atoms with Gasteiger partial charge in [0.1, 0.15) is 5.60 Å². The predicted octanol–water partition coefficient (Wildman–Crippen LogP) is 1.61. The monoisotopic (exact) mass is 196 g/mol. The van der Waals surface area contributed by atoms with Gasteiger partial charge in [0.05, 0.1) is 12.7 Å². The molecule has 4 heteroatoms. The van der Waals surface area contributed by atoms with Crippen LogP contribution in [0.4, 0.5) is 0 Å². The van der Waals surface area contributed by atoms with Crippen LogP contribution in [0.1, 0.15) is 27.2 Å². The molecule has 0 unspecified atom stereocenters. The van der Waals surface area contributed by atoms with Crippen LogP contribution in [0.2, 0.25) is 0 Å². The molecule has 0 bridgehead atoms. The number of esters is 1. The fourth-order valence-electron chi connectivity index (χ4n) is 1.03. The highest BCUT2D eigenvalue weighted by Crippen LogP contribution is 2.08. The largest absolute Gasteiger partial charge is 0.460 e. The van der Waals surface area contributed by atoms with Gasteiger partial charge in [-0.25, -0.2) is 4.98 Å². The Balaban J connectivity index is 2.29. The third-order valence-electron chi connectivity index (χ3n) is 1.55. The molecule has 0 aromatic carbocycles. The highest BCUT2D eigenvalue weighted by Gasteiger charge is 2.15. The molecule has 4 nitrogen and oxygen atoms in total. The Kier molecular flexibility index (Phi) is 3.28. The number of ether oxygens (including phenoxy) is 1. The molecule has 0 aliphatic carbocycles. The standard InChI is InChI=1S/C10H16N2O2/c1-10(2,3)14-9(13)4-6-12-7-5-11-8-12/h5,7-8H,4,6H2,1-3H3. The second kappa shape index (κ2) is 4.26. The number of carbonyl (C=O) groups is 1. The van der Waals surface area contributed by atoms with E-state index in [9.17, 15) is 4.79 Å². The SMILES string of the molecule is CC(C)(C)OC(=O)CCn1ccnc1. The van der Waals surface area contributed by atoms with Gasteiger partial charge < -0.3 is 9.30 Å². The summed E-state index contributed by atoms with van der Waals surface area (Å²) in [4.78, 5) is 15.2. The van der Waals surface area contributed by atoms with E-state index in [1.54, 1.807) is 12.5 Å². The molecule has 0 fully saturated rings. The molecular weight excluding hydrogens is 180 g/mol. The van der Waals surface area contributed by atoms with Crippen molar-refractivity contribution in [1.29, 1.82) is 0 Å². The number of hydrogen-bond donors (Lipinski definition) is 0. The fraction of sp³-hybridized carbons (Fsp3) is 0.600. The molecule has 0 amide bonds. The summed E-state index contributed by atoms with van der Waals surface area (Å²) in [5.74, 6) is -0.175. The van der Waals surface area contributed by atoms with Crippen molar-refractivity contribution in [3.8, 4) is 0 Å². The Morgan fingerprint density at radius 1 is 1.50 bits per heavy atom. The van der Waals surface area contributed by atoms with Gasteiger partial charge in [-0.05, 0) is 20.8 Å². The van der Waals surface area contributed by atoms with Gasteiger partial charge in [-0.15, -0.1) is 0 Å². The minimum Gasteiger partial charge on any atom is -0.460 e. The number of carbonyl (C=O) groups excluding carboxylic acids is 1. The molecule has 0 saturated carbocycles. The first-order valence-electron chi connectivity index (χ1n) is 4.65. The molecule has 1 rings (SSSR count). The van der Waals surface area contributed by atoms with Crippen LogP contribution >= 0.6 is 0 Å².